The van der Waals surface area contributed by atoms with Gasteiger partial charge in [-0.25, -0.2) is 0 Å². The number of ketones is 1. The second-order valence-corrected chi connectivity index (χ2v) is 6.53. The molecule has 0 aliphatic carbocycles. The van der Waals surface area contributed by atoms with Crippen LogP contribution in [0.15, 0.2) is 36.4 Å². The molecule has 0 spiro atoms. The number of benzene rings is 1. The molecule has 1 aliphatic heterocycles. The van der Waals surface area contributed by atoms with Crippen LogP contribution in [0.25, 0.3) is 0 Å². The minimum atomic E-state index is -0.0541. The summed E-state index contributed by atoms with van der Waals surface area (Å²) in [5.41, 5.74) is 3.63. The fourth-order valence-corrected chi connectivity index (χ4v) is 3.35. The molecule has 2 aromatic rings. The van der Waals surface area contributed by atoms with E-state index in [0.29, 0.717) is 17.3 Å². The van der Waals surface area contributed by atoms with Crippen LogP contribution in [0.5, 0.6) is 0 Å². The number of amides is 1. The van der Waals surface area contributed by atoms with Gasteiger partial charge in [-0.05, 0) is 42.5 Å². The maximum Gasteiger partial charge on any atom is 0.270 e. The molecular weight excluding hydrogens is 300 g/mol. The van der Waals surface area contributed by atoms with Crippen LogP contribution in [0.1, 0.15) is 64.7 Å². The Morgan fingerprint density at radius 2 is 1.83 bits per heavy atom. The maximum atomic E-state index is 12.7. The van der Waals surface area contributed by atoms with Crippen LogP contribution in [-0.2, 0) is 6.42 Å². The third kappa shape index (κ3) is 3.42. The average molecular weight is 324 g/mol. The van der Waals surface area contributed by atoms with E-state index >= 15 is 0 Å². The van der Waals surface area contributed by atoms with Crippen LogP contribution < -0.4 is 0 Å². The Morgan fingerprint density at radius 3 is 2.46 bits per heavy atom. The largest absolute Gasteiger partial charge is 0.348 e. The molecule has 4 heteroatoms. The number of hydrogen-bond donors (Lipinski definition) is 1. The van der Waals surface area contributed by atoms with Crippen molar-refractivity contribution >= 4 is 11.7 Å². The van der Waals surface area contributed by atoms with Gasteiger partial charge in [0, 0.05) is 25.9 Å². The van der Waals surface area contributed by atoms with Gasteiger partial charge < -0.3 is 9.88 Å². The van der Waals surface area contributed by atoms with E-state index in [2.05, 4.69) is 36.2 Å². The Labute approximate surface area is 142 Å². The van der Waals surface area contributed by atoms with Crippen molar-refractivity contribution in [1.29, 1.82) is 0 Å². The SMILES string of the molecule is CCc1ccc(C2CCCN(C(=O)c3ccc(C(C)=O)[nH]3)C2)cc1. The van der Waals surface area contributed by atoms with Gasteiger partial charge in [0.15, 0.2) is 5.78 Å². The van der Waals surface area contributed by atoms with E-state index < -0.39 is 0 Å². The summed E-state index contributed by atoms with van der Waals surface area (Å²) in [6.45, 7) is 5.16. The zero-order valence-electron chi connectivity index (χ0n) is 14.3. The van der Waals surface area contributed by atoms with Gasteiger partial charge in [0.2, 0.25) is 0 Å². The zero-order chi connectivity index (χ0) is 17.1. The van der Waals surface area contributed by atoms with Crippen LogP contribution in [0.2, 0.25) is 0 Å². The summed E-state index contributed by atoms with van der Waals surface area (Å²) in [6.07, 6.45) is 3.16. The molecule has 4 nitrogen and oxygen atoms in total. The Bertz CT molecular complexity index is 730. The Hall–Kier alpha value is -2.36. The number of piperidine rings is 1. The highest BCUT2D eigenvalue weighted by Crippen LogP contribution is 2.28. The number of rotatable bonds is 4. The minimum absolute atomic E-state index is 0.0163. The van der Waals surface area contributed by atoms with Gasteiger partial charge in [0.25, 0.3) is 5.91 Å². The molecule has 1 atom stereocenters. The summed E-state index contributed by atoms with van der Waals surface area (Å²) >= 11 is 0. The minimum Gasteiger partial charge on any atom is -0.348 e. The lowest BCUT2D eigenvalue weighted by Gasteiger charge is -2.33. The van der Waals surface area contributed by atoms with Crippen LogP contribution in [0.4, 0.5) is 0 Å². The molecule has 1 saturated heterocycles. The molecule has 126 valence electrons. The first kappa shape index (κ1) is 16.5. The highest BCUT2D eigenvalue weighted by molar-refractivity contribution is 5.97. The van der Waals surface area contributed by atoms with Crippen molar-refractivity contribution in [3.8, 4) is 0 Å². The molecule has 1 N–H and O–H groups in total. The van der Waals surface area contributed by atoms with Gasteiger partial charge in [-0.2, -0.15) is 0 Å². The summed E-state index contributed by atoms with van der Waals surface area (Å²) in [5.74, 6) is 0.315. The topological polar surface area (TPSA) is 53.2 Å². The zero-order valence-corrected chi connectivity index (χ0v) is 14.3. The highest BCUT2D eigenvalue weighted by Gasteiger charge is 2.26. The molecule has 1 aromatic heterocycles. The van der Waals surface area contributed by atoms with Crippen LogP contribution in [-0.4, -0.2) is 34.7 Å². The quantitative estimate of drug-likeness (QED) is 0.870. The molecule has 3 rings (SSSR count). The number of Topliss-reactive ketones (excluding diaryl/α,β-unsaturated/α-hetero) is 1. The summed E-state index contributed by atoms with van der Waals surface area (Å²) in [7, 11) is 0. The first-order chi connectivity index (χ1) is 11.6. The lowest BCUT2D eigenvalue weighted by molar-refractivity contribution is 0.0702. The molecule has 0 radical (unpaired) electrons. The van der Waals surface area contributed by atoms with Crippen LogP contribution in [0, 0.1) is 0 Å². The first-order valence-electron chi connectivity index (χ1n) is 8.66. The first-order valence-corrected chi connectivity index (χ1v) is 8.66. The van der Waals surface area contributed by atoms with Gasteiger partial charge in [-0.1, -0.05) is 31.2 Å². The summed E-state index contributed by atoms with van der Waals surface area (Å²) < 4.78 is 0. The predicted octanol–water partition coefficient (Wildman–Crippen LogP) is 3.80. The smallest absolute Gasteiger partial charge is 0.270 e. The molecule has 24 heavy (non-hydrogen) atoms. The molecule has 1 amide bonds. The van der Waals surface area contributed by atoms with Gasteiger partial charge in [0.1, 0.15) is 5.69 Å². The molecule has 1 unspecified atom stereocenters. The molecule has 1 fully saturated rings. The fourth-order valence-electron chi connectivity index (χ4n) is 3.35. The number of H-pyrrole nitrogens is 1. The number of carbonyl (C=O) groups is 2. The van der Waals surface area contributed by atoms with Crippen LogP contribution >= 0.6 is 0 Å². The van der Waals surface area contributed by atoms with Crippen molar-refractivity contribution < 1.29 is 9.59 Å². The number of aromatic nitrogens is 1. The van der Waals surface area contributed by atoms with Crippen molar-refractivity contribution in [3.63, 3.8) is 0 Å². The van der Waals surface area contributed by atoms with Crippen molar-refractivity contribution in [2.45, 2.75) is 39.0 Å². The molecule has 0 saturated carbocycles. The molecule has 1 aliphatic rings. The molecule has 2 heterocycles. The summed E-state index contributed by atoms with van der Waals surface area (Å²) in [5, 5.41) is 0. The van der Waals surface area contributed by atoms with E-state index in [1.54, 1.807) is 12.1 Å². The van der Waals surface area contributed by atoms with Crippen molar-refractivity contribution in [3.05, 3.63) is 58.9 Å². The number of carbonyl (C=O) groups excluding carboxylic acids is 2. The highest BCUT2D eigenvalue weighted by atomic mass is 16.2. The Kier molecular flexibility index (Phi) is 4.84. The lowest BCUT2D eigenvalue weighted by atomic mass is 9.90. The van der Waals surface area contributed by atoms with Crippen molar-refractivity contribution in [1.82, 2.24) is 9.88 Å². The van der Waals surface area contributed by atoms with E-state index in [1.807, 2.05) is 4.90 Å². The number of likely N-dealkylation sites (tertiary alicyclic amines) is 1. The predicted molar refractivity (Wildman–Crippen MR) is 94.5 cm³/mol. The van der Waals surface area contributed by atoms with E-state index in [-0.39, 0.29) is 11.7 Å². The number of aryl methyl sites for hydroxylation is 1. The molecular formula is C20H24N2O2. The average Bonchev–Trinajstić information content (AvgIpc) is 3.12. The lowest BCUT2D eigenvalue weighted by Crippen LogP contribution is -2.39. The van der Waals surface area contributed by atoms with Gasteiger partial charge in [0.05, 0.1) is 5.69 Å². The fraction of sp³-hybridized carbons (Fsp3) is 0.400. The number of nitrogens with one attached hydrogen (secondary N) is 1. The third-order valence-electron chi connectivity index (χ3n) is 4.86. The monoisotopic (exact) mass is 324 g/mol. The second-order valence-electron chi connectivity index (χ2n) is 6.53. The summed E-state index contributed by atoms with van der Waals surface area (Å²) in [4.78, 5) is 28.9. The maximum absolute atomic E-state index is 12.7. The van der Waals surface area contributed by atoms with Crippen molar-refractivity contribution in [2.75, 3.05) is 13.1 Å². The molecule has 0 bridgehead atoms. The van der Waals surface area contributed by atoms with Crippen LogP contribution in [0.3, 0.4) is 0 Å². The number of hydrogen-bond acceptors (Lipinski definition) is 2. The number of aromatic amines is 1. The van der Waals surface area contributed by atoms with E-state index in [1.165, 1.54) is 18.1 Å². The number of nitrogens with zero attached hydrogens (tertiary/aromatic N) is 1. The van der Waals surface area contributed by atoms with Gasteiger partial charge >= 0.3 is 0 Å². The standard InChI is InChI=1S/C20H24N2O2/c1-3-15-6-8-16(9-7-15)17-5-4-12-22(13-17)20(24)19-11-10-18(21-19)14(2)23/h6-11,17,21H,3-5,12-13H2,1-2H3. The van der Waals surface area contributed by atoms with E-state index in [0.717, 1.165) is 32.4 Å². The summed E-state index contributed by atoms with van der Waals surface area (Å²) in [6, 6.07) is 12.1. The van der Waals surface area contributed by atoms with E-state index in [9.17, 15) is 9.59 Å². The van der Waals surface area contributed by atoms with Gasteiger partial charge in [-0.3, -0.25) is 9.59 Å². The van der Waals surface area contributed by atoms with E-state index in [4.69, 9.17) is 0 Å². The van der Waals surface area contributed by atoms with Crippen molar-refractivity contribution in [2.24, 2.45) is 0 Å². The molecule has 1 aromatic carbocycles. The Morgan fingerprint density at radius 1 is 1.12 bits per heavy atom. The third-order valence-corrected chi connectivity index (χ3v) is 4.86. The second kappa shape index (κ2) is 7.04. The van der Waals surface area contributed by atoms with Gasteiger partial charge in [-0.15, -0.1) is 0 Å². The Balaban J connectivity index is 1.71. The normalized spacial score (nSPS) is 17.8.